The van der Waals surface area contributed by atoms with Crippen molar-refractivity contribution >= 4 is 29.6 Å². The lowest BCUT2D eigenvalue weighted by atomic mass is 9.78. The number of ether oxygens (including phenoxy) is 1. The monoisotopic (exact) mass is 519 g/mol. The summed E-state index contributed by atoms with van der Waals surface area (Å²) in [6.45, 7) is 9.68. The van der Waals surface area contributed by atoms with Gasteiger partial charge in [0, 0.05) is 49.4 Å². The third-order valence-corrected chi connectivity index (χ3v) is 7.05. The van der Waals surface area contributed by atoms with Crippen molar-refractivity contribution < 1.29 is 28.7 Å². The SMILES string of the molecule is CC(=O)Oc1cc(C)cc(C)c1C(C)(C)CC(=O)NCc1ccc2c(c1)CN(C1CCC(=O)NC1=O)C2=O. The molecule has 1 saturated heterocycles. The molecule has 4 rings (SSSR count). The highest BCUT2D eigenvalue weighted by Gasteiger charge is 2.39. The van der Waals surface area contributed by atoms with Gasteiger partial charge in [-0.25, -0.2) is 0 Å². The molecule has 1 unspecified atom stereocenters. The fourth-order valence-electron chi connectivity index (χ4n) is 5.52. The molecule has 0 spiro atoms. The summed E-state index contributed by atoms with van der Waals surface area (Å²) in [5, 5.41) is 5.26. The van der Waals surface area contributed by atoms with Crippen LogP contribution in [0, 0.1) is 13.8 Å². The molecule has 0 radical (unpaired) electrons. The summed E-state index contributed by atoms with van der Waals surface area (Å²) in [7, 11) is 0. The van der Waals surface area contributed by atoms with E-state index >= 15 is 0 Å². The number of hydrogen-bond donors (Lipinski definition) is 2. The summed E-state index contributed by atoms with van der Waals surface area (Å²) in [5.41, 5.74) is 4.28. The molecule has 2 aliphatic heterocycles. The van der Waals surface area contributed by atoms with Crippen molar-refractivity contribution in [2.45, 2.75) is 78.4 Å². The number of hydrogen-bond acceptors (Lipinski definition) is 6. The highest BCUT2D eigenvalue weighted by Crippen LogP contribution is 2.38. The van der Waals surface area contributed by atoms with E-state index in [0.717, 1.165) is 27.8 Å². The summed E-state index contributed by atoms with van der Waals surface area (Å²) >= 11 is 0. The second kappa shape index (κ2) is 10.4. The third kappa shape index (κ3) is 5.61. The van der Waals surface area contributed by atoms with Crippen LogP contribution in [0.2, 0.25) is 0 Å². The maximum atomic E-state index is 13.0. The Balaban J connectivity index is 1.42. The van der Waals surface area contributed by atoms with Crippen LogP contribution in [-0.4, -0.2) is 40.5 Å². The number of carbonyl (C=O) groups is 5. The number of fused-ring (bicyclic) bond motifs is 1. The molecule has 0 aromatic heterocycles. The second-order valence-corrected chi connectivity index (χ2v) is 10.8. The largest absolute Gasteiger partial charge is 0.426 e. The smallest absolute Gasteiger partial charge is 0.308 e. The molecule has 0 bridgehead atoms. The van der Waals surface area contributed by atoms with Gasteiger partial charge in [0.25, 0.3) is 5.91 Å². The fraction of sp³-hybridized carbons (Fsp3) is 0.414. The lowest BCUT2D eigenvalue weighted by molar-refractivity contribution is -0.137. The Kier molecular flexibility index (Phi) is 7.40. The molecule has 4 amide bonds. The second-order valence-electron chi connectivity index (χ2n) is 10.8. The summed E-state index contributed by atoms with van der Waals surface area (Å²) in [5.74, 6) is -1.11. The predicted molar refractivity (Wildman–Crippen MR) is 139 cm³/mol. The molecule has 9 nitrogen and oxygen atoms in total. The van der Waals surface area contributed by atoms with Crippen molar-refractivity contribution in [1.82, 2.24) is 15.5 Å². The number of nitrogens with zero attached hydrogens (tertiary/aromatic N) is 1. The standard InChI is InChI=1S/C29H33N3O6/c1-16-10-17(2)26(23(11-16)38-18(3)33)29(4,5)13-25(35)30-14-19-6-7-21-20(12-19)15-32(28(21)37)22-8-9-24(34)31-27(22)36/h6-7,10-12,22H,8-9,13-15H2,1-5H3,(H,30,35)(H,31,34,36). The Morgan fingerprint density at radius 3 is 2.55 bits per heavy atom. The van der Waals surface area contributed by atoms with E-state index in [1.807, 2.05) is 45.9 Å². The topological polar surface area (TPSA) is 122 Å². The van der Waals surface area contributed by atoms with Crippen LogP contribution in [0.15, 0.2) is 30.3 Å². The first kappa shape index (κ1) is 27.0. The molecule has 2 aromatic rings. The van der Waals surface area contributed by atoms with Gasteiger partial charge in [-0.1, -0.05) is 32.0 Å². The molecule has 0 saturated carbocycles. The van der Waals surface area contributed by atoms with Gasteiger partial charge < -0.3 is 15.0 Å². The minimum atomic E-state index is -0.667. The molecule has 2 aromatic carbocycles. The summed E-state index contributed by atoms with van der Waals surface area (Å²) in [6, 6.07) is 8.53. The fourth-order valence-corrected chi connectivity index (χ4v) is 5.52. The first-order valence-electron chi connectivity index (χ1n) is 12.7. The quantitative estimate of drug-likeness (QED) is 0.330. The van der Waals surface area contributed by atoms with E-state index in [4.69, 9.17) is 4.74 Å². The summed E-state index contributed by atoms with van der Waals surface area (Å²) in [4.78, 5) is 62.8. The third-order valence-electron chi connectivity index (χ3n) is 7.05. The zero-order valence-electron chi connectivity index (χ0n) is 22.4. The Morgan fingerprint density at radius 2 is 1.87 bits per heavy atom. The number of esters is 1. The minimum absolute atomic E-state index is 0.162. The van der Waals surface area contributed by atoms with Crippen LogP contribution < -0.4 is 15.4 Å². The number of rotatable bonds is 7. The maximum absolute atomic E-state index is 13.0. The summed E-state index contributed by atoms with van der Waals surface area (Å²) in [6.07, 6.45) is 0.690. The van der Waals surface area contributed by atoms with Crippen molar-refractivity contribution in [2.75, 3.05) is 0 Å². The average Bonchev–Trinajstić information content (AvgIpc) is 3.11. The van der Waals surface area contributed by atoms with Gasteiger partial charge in [0.2, 0.25) is 17.7 Å². The van der Waals surface area contributed by atoms with Gasteiger partial charge in [-0.15, -0.1) is 0 Å². The van der Waals surface area contributed by atoms with E-state index in [1.165, 1.54) is 11.8 Å². The van der Waals surface area contributed by atoms with Crippen molar-refractivity contribution in [3.05, 3.63) is 63.7 Å². The average molecular weight is 520 g/mol. The highest BCUT2D eigenvalue weighted by atomic mass is 16.5. The first-order chi connectivity index (χ1) is 17.9. The van der Waals surface area contributed by atoms with Crippen LogP contribution in [0.3, 0.4) is 0 Å². The van der Waals surface area contributed by atoms with E-state index in [1.54, 1.807) is 12.1 Å². The molecule has 1 fully saturated rings. The predicted octanol–water partition coefficient (Wildman–Crippen LogP) is 2.97. The molecule has 1 atom stereocenters. The number of aryl methyl sites for hydroxylation is 2. The molecule has 0 aliphatic carbocycles. The number of piperidine rings is 1. The van der Waals surface area contributed by atoms with Crippen molar-refractivity contribution in [3.8, 4) is 5.75 Å². The first-order valence-corrected chi connectivity index (χ1v) is 12.7. The lowest BCUT2D eigenvalue weighted by Crippen LogP contribution is -2.52. The van der Waals surface area contributed by atoms with Crippen LogP contribution >= 0.6 is 0 Å². The molecule has 200 valence electrons. The van der Waals surface area contributed by atoms with E-state index in [9.17, 15) is 24.0 Å². The normalized spacial score (nSPS) is 17.2. The molecule has 2 N–H and O–H groups in total. The van der Waals surface area contributed by atoms with Crippen molar-refractivity contribution in [2.24, 2.45) is 0 Å². The van der Waals surface area contributed by atoms with Gasteiger partial charge in [-0.2, -0.15) is 0 Å². The van der Waals surface area contributed by atoms with E-state index in [2.05, 4.69) is 10.6 Å². The van der Waals surface area contributed by atoms with Crippen LogP contribution in [0.1, 0.15) is 78.2 Å². The Hall–Kier alpha value is -4.01. The minimum Gasteiger partial charge on any atom is -0.426 e. The van der Waals surface area contributed by atoms with Crippen LogP contribution in [0.25, 0.3) is 0 Å². The number of imide groups is 1. The molecule has 38 heavy (non-hydrogen) atoms. The Morgan fingerprint density at radius 1 is 1.13 bits per heavy atom. The Labute approximate surface area is 221 Å². The van der Waals surface area contributed by atoms with Gasteiger partial charge in [0.15, 0.2) is 0 Å². The maximum Gasteiger partial charge on any atom is 0.308 e. The van der Waals surface area contributed by atoms with Gasteiger partial charge in [-0.3, -0.25) is 29.3 Å². The molecule has 9 heteroatoms. The number of nitrogens with one attached hydrogen (secondary N) is 2. The molecule has 2 aliphatic rings. The number of benzene rings is 2. The molecular formula is C29H33N3O6. The van der Waals surface area contributed by atoms with E-state index in [-0.39, 0.29) is 43.7 Å². The van der Waals surface area contributed by atoms with Crippen molar-refractivity contribution in [1.29, 1.82) is 0 Å². The van der Waals surface area contributed by atoms with Gasteiger partial charge >= 0.3 is 5.97 Å². The number of carbonyl (C=O) groups excluding carboxylic acids is 5. The van der Waals surface area contributed by atoms with Gasteiger partial charge in [0.05, 0.1) is 0 Å². The van der Waals surface area contributed by atoms with Crippen LogP contribution in [0.4, 0.5) is 0 Å². The van der Waals surface area contributed by atoms with Crippen molar-refractivity contribution in [3.63, 3.8) is 0 Å². The van der Waals surface area contributed by atoms with E-state index in [0.29, 0.717) is 17.7 Å². The molecule has 2 heterocycles. The zero-order valence-corrected chi connectivity index (χ0v) is 22.4. The lowest BCUT2D eigenvalue weighted by Gasteiger charge is -2.29. The highest BCUT2D eigenvalue weighted by molar-refractivity contribution is 6.05. The van der Waals surface area contributed by atoms with Crippen LogP contribution in [0.5, 0.6) is 5.75 Å². The molecular weight excluding hydrogens is 486 g/mol. The summed E-state index contributed by atoms with van der Waals surface area (Å²) < 4.78 is 5.48. The van der Waals surface area contributed by atoms with Gasteiger partial charge in [-0.05, 0) is 54.7 Å². The Bertz CT molecular complexity index is 1350. The zero-order chi connectivity index (χ0) is 27.8. The van der Waals surface area contributed by atoms with Gasteiger partial charge in [0.1, 0.15) is 11.8 Å². The number of amides is 4. The van der Waals surface area contributed by atoms with E-state index < -0.39 is 23.3 Å². The van der Waals surface area contributed by atoms with Crippen LogP contribution in [-0.2, 0) is 37.7 Å².